The van der Waals surface area contributed by atoms with Gasteiger partial charge in [0.1, 0.15) is 11.5 Å². The molecule has 2 saturated heterocycles. The number of halogens is 6. The average molecular weight is 585 g/mol. The van der Waals surface area contributed by atoms with E-state index < -0.39 is 24.3 Å². The monoisotopic (exact) mass is 585 g/mol. The lowest BCUT2D eigenvalue weighted by Crippen LogP contribution is -2.47. The maximum Gasteiger partial charge on any atom is 0.490 e. The summed E-state index contributed by atoms with van der Waals surface area (Å²) in [7, 11) is 0. The van der Waals surface area contributed by atoms with Crippen LogP contribution in [0, 0.1) is 12.8 Å². The highest BCUT2D eigenvalue weighted by Gasteiger charge is 2.46. The van der Waals surface area contributed by atoms with Gasteiger partial charge in [0.15, 0.2) is 0 Å². The lowest BCUT2D eigenvalue weighted by molar-refractivity contribution is -0.193. The number of aromatic nitrogens is 2. The van der Waals surface area contributed by atoms with Crippen LogP contribution in [0.4, 0.5) is 26.3 Å². The third-order valence-corrected chi connectivity index (χ3v) is 6.22. The molecule has 4 heterocycles. The van der Waals surface area contributed by atoms with Crippen LogP contribution in [0.5, 0.6) is 5.75 Å². The Balaban J connectivity index is 0.000000333. The minimum atomic E-state index is -5.08. The molecule has 0 bridgehead atoms. The van der Waals surface area contributed by atoms with Crippen molar-refractivity contribution in [3.05, 3.63) is 42.0 Å². The van der Waals surface area contributed by atoms with Crippen LogP contribution in [0.2, 0.25) is 0 Å². The molecule has 4 rings (SSSR count). The Labute approximate surface area is 224 Å². The molecule has 0 aliphatic carbocycles. The van der Waals surface area contributed by atoms with Crippen LogP contribution < -0.4 is 4.74 Å². The number of ether oxygens (including phenoxy) is 2. The van der Waals surface area contributed by atoms with Gasteiger partial charge in [0.25, 0.3) is 0 Å². The number of hydrogen-bond acceptors (Lipinski definition) is 8. The van der Waals surface area contributed by atoms with Crippen molar-refractivity contribution in [2.45, 2.75) is 57.1 Å². The molecule has 1 spiro atoms. The number of nitrogens with zero attached hydrogens (tertiary/aromatic N) is 3. The molecule has 2 N–H and O–H groups in total. The van der Waals surface area contributed by atoms with Gasteiger partial charge in [0, 0.05) is 38.5 Å². The molecule has 1 atom stereocenters. The third-order valence-electron chi connectivity index (χ3n) is 6.22. The van der Waals surface area contributed by atoms with Crippen LogP contribution >= 0.6 is 0 Å². The van der Waals surface area contributed by atoms with Gasteiger partial charge in [-0.3, -0.25) is 9.88 Å². The summed E-state index contributed by atoms with van der Waals surface area (Å²) in [5.41, 5.74) is 1.06. The number of carboxylic acids is 2. The fraction of sp³-hybridized carbons (Fsp3) is 0.583. The molecule has 0 radical (unpaired) electrons. The van der Waals surface area contributed by atoms with E-state index in [1.54, 1.807) is 12.4 Å². The molecular formula is C24H29F6N3O7. The summed E-state index contributed by atoms with van der Waals surface area (Å²) in [5.74, 6) is -3.21. The normalized spacial score (nSPS) is 18.7. The zero-order chi connectivity index (χ0) is 30.0. The molecule has 0 aromatic carbocycles. The number of carboxylic acid groups (broad SMARTS) is 2. The number of pyridine rings is 1. The first kappa shape index (κ1) is 32.8. The highest BCUT2D eigenvalue weighted by molar-refractivity contribution is 5.73. The molecule has 224 valence electrons. The summed E-state index contributed by atoms with van der Waals surface area (Å²) < 4.78 is 80.8. The zero-order valence-electron chi connectivity index (χ0n) is 21.4. The fourth-order valence-electron chi connectivity index (χ4n) is 4.31. The van der Waals surface area contributed by atoms with Crippen LogP contribution in [0.3, 0.4) is 0 Å². The van der Waals surface area contributed by atoms with Crippen molar-refractivity contribution in [3.8, 4) is 5.75 Å². The molecule has 0 saturated carbocycles. The first-order valence-electron chi connectivity index (χ1n) is 12.0. The van der Waals surface area contributed by atoms with E-state index in [2.05, 4.69) is 15.0 Å². The number of rotatable bonds is 6. The van der Waals surface area contributed by atoms with Crippen LogP contribution in [0.25, 0.3) is 0 Å². The number of hydrogen-bond donors (Lipinski definition) is 2. The Bertz CT molecular complexity index is 1050. The van der Waals surface area contributed by atoms with E-state index in [0.29, 0.717) is 5.92 Å². The second-order valence-corrected chi connectivity index (χ2v) is 9.04. The molecule has 2 aromatic rings. The Hall–Kier alpha value is -3.40. The molecular weight excluding hydrogens is 556 g/mol. The van der Waals surface area contributed by atoms with Gasteiger partial charge in [-0.25, -0.2) is 9.59 Å². The lowest BCUT2D eigenvalue weighted by Gasteiger charge is -2.42. The molecule has 16 heteroatoms. The van der Waals surface area contributed by atoms with Crippen molar-refractivity contribution in [1.82, 2.24) is 15.0 Å². The Kier molecular flexibility index (Phi) is 11.7. The van der Waals surface area contributed by atoms with Crippen LogP contribution in [0.15, 0.2) is 35.1 Å². The number of aryl methyl sites for hydroxylation is 1. The number of carbonyl (C=O) groups is 2. The largest absolute Gasteiger partial charge is 0.492 e. The first-order valence-corrected chi connectivity index (χ1v) is 12.0. The van der Waals surface area contributed by atoms with E-state index in [9.17, 15) is 26.3 Å². The number of aliphatic carboxylic acids is 2. The third kappa shape index (κ3) is 10.6. The van der Waals surface area contributed by atoms with E-state index in [0.717, 1.165) is 75.7 Å². The van der Waals surface area contributed by atoms with Crippen molar-refractivity contribution < 1.29 is 60.1 Å². The molecule has 2 aromatic heterocycles. The minimum absolute atomic E-state index is 0.0362. The van der Waals surface area contributed by atoms with E-state index in [1.807, 2.05) is 25.1 Å². The van der Waals surface area contributed by atoms with Crippen molar-refractivity contribution in [2.75, 3.05) is 26.3 Å². The molecule has 40 heavy (non-hydrogen) atoms. The van der Waals surface area contributed by atoms with Gasteiger partial charge in [-0.2, -0.15) is 26.3 Å². The predicted molar refractivity (Wildman–Crippen MR) is 124 cm³/mol. The van der Waals surface area contributed by atoms with Crippen molar-refractivity contribution in [2.24, 2.45) is 5.92 Å². The zero-order valence-corrected chi connectivity index (χ0v) is 21.4. The van der Waals surface area contributed by atoms with Crippen LogP contribution in [-0.2, 0) is 20.9 Å². The van der Waals surface area contributed by atoms with E-state index in [-0.39, 0.29) is 5.60 Å². The smallest absolute Gasteiger partial charge is 0.490 e. The summed E-state index contributed by atoms with van der Waals surface area (Å²) in [5, 5.41) is 18.4. The van der Waals surface area contributed by atoms with E-state index in [1.165, 1.54) is 0 Å². The highest BCUT2D eigenvalue weighted by Crippen LogP contribution is 2.42. The Morgan fingerprint density at radius 2 is 1.73 bits per heavy atom. The summed E-state index contributed by atoms with van der Waals surface area (Å²) >= 11 is 0. The van der Waals surface area contributed by atoms with Gasteiger partial charge in [-0.1, -0.05) is 5.16 Å². The molecule has 2 aliphatic rings. The van der Waals surface area contributed by atoms with Crippen LogP contribution in [-0.4, -0.2) is 81.4 Å². The fourth-order valence-corrected chi connectivity index (χ4v) is 4.31. The highest BCUT2D eigenvalue weighted by atomic mass is 19.4. The Morgan fingerprint density at radius 3 is 2.20 bits per heavy atom. The number of likely N-dealkylation sites (tertiary alicyclic amines) is 1. The molecule has 0 amide bonds. The summed E-state index contributed by atoms with van der Waals surface area (Å²) in [6.45, 7) is 6.50. The van der Waals surface area contributed by atoms with Crippen molar-refractivity contribution in [1.29, 1.82) is 0 Å². The maximum atomic E-state index is 10.6. The summed E-state index contributed by atoms with van der Waals surface area (Å²) in [6, 6.07) is 5.88. The van der Waals surface area contributed by atoms with Gasteiger partial charge in [0.05, 0.1) is 24.1 Å². The van der Waals surface area contributed by atoms with Crippen LogP contribution in [0.1, 0.15) is 37.1 Å². The summed E-state index contributed by atoms with van der Waals surface area (Å²) in [4.78, 5) is 24.3. The second-order valence-electron chi connectivity index (χ2n) is 9.04. The van der Waals surface area contributed by atoms with Gasteiger partial charge in [-0.05, 0) is 50.7 Å². The van der Waals surface area contributed by atoms with Gasteiger partial charge in [0.2, 0.25) is 0 Å². The average Bonchev–Trinajstić information content (AvgIpc) is 3.46. The van der Waals surface area contributed by atoms with Gasteiger partial charge in [-0.15, -0.1) is 0 Å². The molecule has 1 unspecified atom stereocenters. The topological polar surface area (TPSA) is 135 Å². The molecule has 2 fully saturated rings. The predicted octanol–water partition coefficient (Wildman–Crippen LogP) is 4.48. The number of piperidine rings is 1. The lowest BCUT2D eigenvalue weighted by atomic mass is 9.78. The first-order chi connectivity index (χ1) is 18.6. The Morgan fingerprint density at radius 1 is 1.12 bits per heavy atom. The molecule has 10 nitrogen and oxygen atoms in total. The maximum absolute atomic E-state index is 10.6. The standard InChI is InChI=1S/C20H27N3O3.2C2HF3O2/c1-16-13-18(22-26-16)15-23-9-6-20(7-10-23)17(5-12-25-20)4-11-24-19-3-2-8-21-14-19;2*3-2(4,5)1(6)7/h2-3,8,13-14,17H,4-7,9-12,15H2,1H3;2*(H,6,7). The quantitative estimate of drug-likeness (QED) is 0.467. The summed E-state index contributed by atoms with van der Waals surface area (Å²) in [6.07, 6.45) is -2.29. The van der Waals surface area contributed by atoms with Crippen molar-refractivity contribution >= 4 is 11.9 Å². The van der Waals surface area contributed by atoms with E-state index >= 15 is 0 Å². The molecule has 2 aliphatic heterocycles. The van der Waals surface area contributed by atoms with Gasteiger partial charge >= 0.3 is 24.3 Å². The van der Waals surface area contributed by atoms with E-state index in [4.69, 9.17) is 33.8 Å². The van der Waals surface area contributed by atoms with Gasteiger partial charge < -0.3 is 24.2 Å². The second kappa shape index (κ2) is 14.3. The SMILES string of the molecule is Cc1cc(CN2CCC3(CC2)OCCC3CCOc2cccnc2)no1.O=C(O)C(F)(F)F.O=C(O)C(F)(F)F. The number of alkyl halides is 6. The minimum Gasteiger partial charge on any atom is -0.492 e. The van der Waals surface area contributed by atoms with Crippen molar-refractivity contribution in [3.63, 3.8) is 0 Å².